The van der Waals surface area contributed by atoms with E-state index in [0.29, 0.717) is 19.1 Å². The Hall–Kier alpha value is -2.76. The van der Waals surface area contributed by atoms with Gasteiger partial charge in [0.15, 0.2) is 0 Å². The number of nitrogens with zero attached hydrogens (tertiary/aromatic N) is 1. The molecule has 1 aliphatic heterocycles. The van der Waals surface area contributed by atoms with Crippen molar-refractivity contribution >= 4 is 6.09 Å². The number of nitrogens with one attached hydrogen (secondary N) is 1. The topological polar surface area (TPSA) is 69.7 Å². The minimum atomic E-state index is -0.530. The summed E-state index contributed by atoms with van der Waals surface area (Å²) in [6.45, 7) is 10.6. The van der Waals surface area contributed by atoms with Crippen molar-refractivity contribution < 1.29 is 19.0 Å². The van der Waals surface area contributed by atoms with Gasteiger partial charge in [-0.2, -0.15) is 0 Å². The van der Waals surface area contributed by atoms with Crippen LogP contribution in [0, 0.1) is 5.92 Å². The van der Waals surface area contributed by atoms with Gasteiger partial charge in [-0.15, -0.1) is 0 Å². The largest absolute Gasteiger partial charge is 0.491 e. The molecule has 1 atom stereocenters. The van der Waals surface area contributed by atoms with Crippen molar-refractivity contribution in [1.82, 2.24) is 10.3 Å². The Balaban J connectivity index is 1.66. The van der Waals surface area contributed by atoms with Gasteiger partial charge in [0, 0.05) is 17.3 Å². The molecule has 1 N–H and O–H groups in total. The number of carbonyl (C=O) groups excluding carboxylic acids is 1. The van der Waals surface area contributed by atoms with Gasteiger partial charge in [0.05, 0.1) is 12.2 Å². The van der Waals surface area contributed by atoms with Crippen LogP contribution in [0.2, 0.25) is 0 Å². The number of ether oxygens (including phenoxy) is 3. The predicted octanol–water partition coefficient (Wildman–Crippen LogP) is 4.96. The number of pyridine rings is 1. The van der Waals surface area contributed by atoms with Crippen LogP contribution in [0.4, 0.5) is 4.79 Å². The number of hydrogen-bond acceptors (Lipinski definition) is 5. The summed E-state index contributed by atoms with van der Waals surface area (Å²) >= 11 is 0. The molecule has 0 bridgehead atoms. The molecule has 0 spiro atoms. The summed E-state index contributed by atoms with van der Waals surface area (Å²) in [6.07, 6.45) is 3.88. The zero-order valence-electron chi connectivity index (χ0n) is 17.8. The Kier molecular flexibility index (Phi) is 6.30. The highest BCUT2D eigenvalue weighted by Gasteiger charge is 2.22. The molecule has 1 amide bonds. The van der Waals surface area contributed by atoms with E-state index in [2.05, 4.69) is 24.1 Å². The Morgan fingerprint density at radius 2 is 2.03 bits per heavy atom. The Morgan fingerprint density at radius 3 is 2.76 bits per heavy atom. The molecule has 0 fully saturated rings. The van der Waals surface area contributed by atoms with Gasteiger partial charge >= 0.3 is 6.09 Å². The molecule has 29 heavy (non-hydrogen) atoms. The lowest BCUT2D eigenvalue weighted by atomic mass is 9.98. The summed E-state index contributed by atoms with van der Waals surface area (Å²) in [5, 5.41) is 2.93. The fraction of sp³-hybridized carbons (Fsp3) is 0.478. The number of rotatable bonds is 6. The Labute approximate surface area is 172 Å². The molecule has 3 rings (SSSR count). The van der Waals surface area contributed by atoms with Gasteiger partial charge in [0.1, 0.15) is 30.3 Å². The van der Waals surface area contributed by atoms with Gasteiger partial charge in [0.25, 0.3) is 0 Å². The summed E-state index contributed by atoms with van der Waals surface area (Å²) in [5.41, 5.74) is 2.71. The van der Waals surface area contributed by atoms with E-state index in [4.69, 9.17) is 14.2 Å². The van der Waals surface area contributed by atoms with Crippen molar-refractivity contribution in [3.8, 4) is 22.6 Å². The van der Waals surface area contributed by atoms with E-state index in [9.17, 15) is 4.79 Å². The van der Waals surface area contributed by atoms with Crippen LogP contribution in [0.1, 0.15) is 46.6 Å². The molecule has 156 valence electrons. The second-order valence-electron chi connectivity index (χ2n) is 8.76. The van der Waals surface area contributed by atoms with Crippen molar-refractivity contribution in [2.45, 2.75) is 59.3 Å². The number of hydrogen-bond donors (Lipinski definition) is 1. The van der Waals surface area contributed by atoms with Crippen LogP contribution in [0.5, 0.6) is 11.5 Å². The van der Waals surface area contributed by atoms with Crippen molar-refractivity contribution in [3.05, 3.63) is 42.2 Å². The number of fused-ring (bicyclic) bond motifs is 3. The van der Waals surface area contributed by atoms with Gasteiger partial charge in [-0.3, -0.25) is 4.98 Å². The van der Waals surface area contributed by atoms with Crippen molar-refractivity contribution in [3.63, 3.8) is 0 Å². The first-order chi connectivity index (χ1) is 13.7. The van der Waals surface area contributed by atoms with Crippen LogP contribution < -0.4 is 14.8 Å². The summed E-state index contributed by atoms with van der Waals surface area (Å²) < 4.78 is 17.2. The summed E-state index contributed by atoms with van der Waals surface area (Å²) in [5.74, 6) is 1.97. The van der Waals surface area contributed by atoms with E-state index in [-0.39, 0.29) is 6.04 Å². The second kappa shape index (κ2) is 8.72. The van der Waals surface area contributed by atoms with Crippen LogP contribution in [0.3, 0.4) is 0 Å². The zero-order valence-corrected chi connectivity index (χ0v) is 17.8. The van der Waals surface area contributed by atoms with Crippen molar-refractivity contribution in [2.24, 2.45) is 5.92 Å². The molecule has 1 aromatic heterocycles. The first-order valence-corrected chi connectivity index (χ1v) is 10.0. The second-order valence-corrected chi connectivity index (χ2v) is 8.76. The maximum Gasteiger partial charge on any atom is 0.407 e. The zero-order chi connectivity index (χ0) is 21.0. The van der Waals surface area contributed by atoms with Crippen LogP contribution in [-0.4, -0.2) is 29.3 Å². The average molecular weight is 399 g/mol. The molecule has 0 saturated heterocycles. The van der Waals surface area contributed by atoms with Crippen LogP contribution in [0.25, 0.3) is 11.1 Å². The molecule has 1 aromatic carbocycles. The first-order valence-electron chi connectivity index (χ1n) is 10.0. The number of benzene rings is 1. The maximum absolute atomic E-state index is 12.2. The molecule has 2 aromatic rings. The molecular weight excluding hydrogens is 368 g/mol. The third-order valence-corrected chi connectivity index (χ3v) is 4.46. The van der Waals surface area contributed by atoms with Crippen LogP contribution in [0.15, 0.2) is 36.7 Å². The van der Waals surface area contributed by atoms with E-state index in [0.717, 1.165) is 34.6 Å². The van der Waals surface area contributed by atoms with E-state index >= 15 is 0 Å². The van der Waals surface area contributed by atoms with Crippen molar-refractivity contribution in [2.75, 3.05) is 6.61 Å². The van der Waals surface area contributed by atoms with E-state index in [1.807, 2.05) is 45.0 Å². The highest BCUT2D eigenvalue weighted by atomic mass is 16.6. The lowest BCUT2D eigenvalue weighted by Crippen LogP contribution is -2.42. The van der Waals surface area contributed by atoms with Crippen LogP contribution >= 0.6 is 0 Å². The highest BCUT2D eigenvalue weighted by molar-refractivity contribution is 5.75. The molecule has 0 unspecified atom stereocenters. The quantitative estimate of drug-likeness (QED) is 0.745. The van der Waals surface area contributed by atoms with E-state index in [1.54, 1.807) is 12.4 Å². The standard InChI is InChI=1S/C23H30N2O4/c1-15(2)10-17(25-22(26)29-23(3,4)5)14-27-18-6-7-19-16(11-18)13-28-21-12-24-9-8-20(19)21/h6-9,11-12,15,17H,10,13-14H2,1-5H3,(H,25,26)/t17-/m0/s1. The van der Waals surface area contributed by atoms with E-state index in [1.165, 1.54) is 0 Å². The summed E-state index contributed by atoms with van der Waals surface area (Å²) in [4.78, 5) is 16.3. The predicted molar refractivity (Wildman–Crippen MR) is 112 cm³/mol. The molecule has 2 heterocycles. The molecular formula is C23H30N2O4. The monoisotopic (exact) mass is 398 g/mol. The van der Waals surface area contributed by atoms with Gasteiger partial charge in [-0.1, -0.05) is 19.9 Å². The molecule has 6 nitrogen and oxygen atoms in total. The molecule has 0 aliphatic carbocycles. The van der Waals surface area contributed by atoms with Crippen LogP contribution in [-0.2, 0) is 11.3 Å². The number of aromatic nitrogens is 1. The Morgan fingerprint density at radius 1 is 1.24 bits per heavy atom. The minimum absolute atomic E-state index is 0.135. The molecule has 0 saturated carbocycles. The molecule has 6 heteroatoms. The number of amides is 1. The first kappa shape index (κ1) is 21.0. The lowest BCUT2D eigenvalue weighted by molar-refractivity contribution is 0.0480. The average Bonchev–Trinajstić information content (AvgIpc) is 2.63. The minimum Gasteiger partial charge on any atom is -0.491 e. The normalized spacial score (nSPS) is 13.7. The number of alkyl carbamates (subject to hydrolysis) is 1. The van der Waals surface area contributed by atoms with Crippen molar-refractivity contribution in [1.29, 1.82) is 0 Å². The summed E-state index contributed by atoms with van der Waals surface area (Å²) in [6, 6.07) is 7.82. The molecule has 0 radical (unpaired) electrons. The Bertz CT molecular complexity index is 858. The maximum atomic E-state index is 12.2. The SMILES string of the molecule is CC(C)C[C@@H](COc1ccc2c(c1)COc1cnccc1-2)NC(=O)OC(C)(C)C. The fourth-order valence-corrected chi connectivity index (χ4v) is 3.32. The van der Waals surface area contributed by atoms with Gasteiger partial charge < -0.3 is 19.5 Å². The summed E-state index contributed by atoms with van der Waals surface area (Å²) in [7, 11) is 0. The van der Waals surface area contributed by atoms with Gasteiger partial charge in [-0.05, 0) is 56.9 Å². The van der Waals surface area contributed by atoms with E-state index < -0.39 is 11.7 Å². The van der Waals surface area contributed by atoms with Gasteiger partial charge in [-0.25, -0.2) is 4.79 Å². The highest BCUT2D eigenvalue weighted by Crippen LogP contribution is 2.38. The number of carbonyl (C=O) groups is 1. The lowest BCUT2D eigenvalue weighted by Gasteiger charge is -2.25. The third kappa shape index (κ3) is 5.86. The van der Waals surface area contributed by atoms with Gasteiger partial charge in [0.2, 0.25) is 0 Å². The fourth-order valence-electron chi connectivity index (χ4n) is 3.32. The third-order valence-electron chi connectivity index (χ3n) is 4.46. The smallest absolute Gasteiger partial charge is 0.407 e. The molecule has 1 aliphatic rings.